The van der Waals surface area contributed by atoms with Crippen molar-refractivity contribution >= 4 is 5.91 Å². The highest BCUT2D eigenvalue weighted by Crippen LogP contribution is 2.53. The van der Waals surface area contributed by atoms with E-state index in [0.29, 0.717) is 23.3 Å². The second-order valence-electron chi connectivity index (χ2n) is 10.2. The summed E-state index contributed by atoms with van der Waals surface area (Å²) in [6.07, 6.45) is -12.4. The molecule has 1 aliphatic heterocycles. The molecule has 3 aromatic rings. The van der Waals surface area contributed by atoms with Crippen LogP contribution in [0.3, 0.4) is 0 Å². The molecule has 0 spiro atoms. The molecule has 1 fully saturated rings. The van der Waals surface area contributed by atoms with E-state index in [2.05, 4.69) is 0 Å². The first-order valence-corrected chi connectivity index (χ1v) is 12.1. The van der Waals surface area contributed by atoms with E-state index in [1.54, 1.807) is 11.8 Å². The van der Waals surface area contributed by atoms with Gasteiger partial charge in [-0.15, -0.1) is 0 Å². The summed E-state index contributed by atoms with van der Waals surface area (Å²) in [6.45, 7) is 3.99. The standard InChI is InChI=1S/C29H25F8NO/c1-18-3-5-19(6-4-18)15-25(39)38-16-24(26(2,17-38)21-11-13-23(30)14-12-21)20-7-9-22(10-8-20)27(31,28(32,33)34)29(35,36)37/h3-14,24H,15-17H2,1-2H3/t24-,26+/m0/s1. The van der Waals surface area contributed by atoms with Crippen molar-refractivity contribution in [3.63, 3.8) is 0 Å². The van der Waals surface area contributed by atoms with Crippen LogP contribution >= 0.6 is 0 Å². The lowest BCUT2D eigenvalue weighted by Gasteiger charge is -2.33. The lowest BCUT2D eigenvalue weighted by molar-refractivity contribution is -0.348. The zero-order chi connectivity index (χ0) is 28.8. The first kappa shape index (κ1) is 28.6. The molecular weight excluding hydrogens is 530 g/mol. The van der Waals surface area contributed by atoms with Crippen LogP contribution in [0, 0.1) is 12.7 Å². The average Bonchev–Trinajstić information content (AvgIpc) is 3.22. The molecule has 4 rings (SSSR count). The van der Waals surface area contributed by atoms with Crippen molar-refractivity contribution in [2.45, 2.75) is 49.6 Å². The molecule has 0 radical (unpaired) electrons. The topological polar surface area (TPSA) is 20.3 Å². The smallest absolute Gasteiger partial charge is 0.341 e. The number of hydrogen-bond acceptors (Lipinski definition) is 1. The van der Waals surface area contributed by atoms with E-state index in [0.717, 1.165) is 23.3 Å². The summed E-state index contributed by atoms with van der Waals surface area (Å²) in [4.78, 5) is 14.8. The third-order valence-corrected chi connectivity index (χ3v) is 7.52. The first-order chi connectivity index (χ1) is 18.1. The minimum Gasteiger partial charge on any atom is -0.341 e. The highest BCUT2D eigenvalue weighted by atomic mass is 19.4. The third-order valence-electron chi connectivity index (χ3n) is 7.52. The summed E-state index contributed by atoms with van der Waals surface area (Å²) in [5.41, 5.74) is -5.23. The van der Waals surface area contributed by atoms with Crippen molar-refractivity contribution < 1.29 is 39.9 Å². The molecule has 0 saturated carbocycles. The number of alkyl halides is 7. The van der Waals surface area contributed by atoms with Gasteiger partial charge in [-0.2, -0.15) is 26.3 Å². The highest BCUT2D eigenvalue weighted by Gasteiger charge is 2.73. The maximum atomic E-state index is 14.6. The van der Waals surface area contributed by atoms with Crippen LogP contribution in [0.2, 0.25) is 0 Å². The van der Waals surface area contributed by atoms with E-state index >= 15 is 0 Å². The van der Waals surface area contributed by atoms with Crippen LogP contribution in [0.1, 0.15) is 40.7 Å². The number of rotatable bonds is 5. The Morgan fingerprint density at radius 1 is 0.846 bits per heavy atom. The summed E-state index contributed by atoms with van der Waals surface area (Å²) in [5.74, 6) is -1.29. The molecule has 0 N–H and O–H groups in total. The molecule has 1 heterocycles. The molecule has 2 nitrogen and oxygen atoms in total. The fourth-order valence-corrected chi connectivity index (χ4v) is 5.20. The van der Waals surface area contributed by atoms with Crippen LogP contribution < -0.4 is 0 Å². The van der Waals surface area contributed by atoms with Gasteiger partial charge in [0.1, 0.15) is 5.82 Å². The normalized spacial score (nSPS) is 20.4. The molecule has 39 heavy (non-hydrogen) atoms. The van der Waals surface area contributed by atoms with Gasteiger partial charge in [0.15, 0.2) is 0 Å². The third kappa shape index (κ3) is 5.25. The lowest BCUT2D eigenvalue weighted by Crippen LogP contribution is -2.50. The minimum absolute atomic E-state index is 0.0903. The minimum atomic E-state index is -6.22. The van der Waals surface area contributed by atoms with Crippen molar-refractivity contribution in [1.29, 1.82) is 0 Å². The molecule has 1 saturated heterocycles. The van der Waals surface area contributed by atoms with E-state index in [1.807, 2.05) is 31.2 Å². The van der Waals surface area contributed by atoms with Crippen LogP contribution in [0.15, 0.2) is 72.8 Å². The first-order valence-electron chi connectivity index (χ1n) is 12.1. The Balaban J connectivity index is 1.70. The molecule has 1 aliphatic rings. The van der Waals surface area contributed by atoms with Crippen molar-refractivity contribution in [3.8, 4) is 0 Å². The van der Waals surface area contributed by atoms with Crippen molar-refractivity contribution in [2.75, 3.05) is 13.1 Å². The lowest BCUT2D eigenvalue weighted by atomic mass is 9.71. The van der Waals surface area contributed by atoms with Crippen LogP contribution in [0.5, 0.6) is 0 Å². The zero-order valence-electron chi connectivity index (χ0n) is 21.0. The van der Waals surface area contributed by atoms with Gasteiger partial charge >= 0.3 is 18.0 Å². The summed E-state index contributed by atoms with van der Waals surface area (Å²) in [6, 6.07) is 15.9. The van der Waals surface area contributed by atoms with Gasteiger partial charge in [0.2, 0.25) is 5.91 Å². The second kappa shape index (κ2) is 9.95. The predicted molar refractivity (Wildman–Crippen MR) is 129 cm³/mol. The number of benzene rings is 3. The second-order valence-corrected chi connectivity index (χ2v) is 10.2. The van der Waals surface area contributed by atoms with Gasteiger partial charge in [-0.1, -0.05) is 73.2 Å². The quantitative estimate of drug-likeness (QED) is 0.298. The molecule has 208 valence electrons. The Kier molecular flexibility index (Phi) is 7.29. The number of likely N-dealkylation sites (tertiary alicyclic amines) is 1. The Morgan fingerprint density at radius 2 is 1.38 bits per heavy atom. The van der Waals surface area contributed by atoms with Crippen LogP contribution in [0.4, 0.5) is 35.1 Å². The van der Waals surface area contributed by atoms with Gasteiger partial charge in [0.25, 0.3) is 0 Å². The molecule has 0 aliphatic carbocycles. The van der Waals surface area contributed by atoms with Gasteiger partial charge < -0.3 is 4.90 Å². The number of amides is 1. The number of carbonyl (C=O) groups is 1. The molecule has 0 unspecified atom stereocenters. The fourth-order valence-electron chi connectivity index (χ4n) is 5.20. The molecule has 1 amide bonds. The summed E-state index contributed by atoms with van der Waals surface area (Å²) in [5, 5.41) is 0. The summed E-state index contributed by atoms with van der Waals surface area (Å²) >= 11 is 0. The van der Waals surface area contributed by atoms with Gasteiger partial charge in [-0.3, -0.25) is 4.79 Å². The Labute approximate surface area is 220 Å². The summed E-state index contributed by atoms with van der Waals surface area (Å²) < 4.78 is 108. The van der Waals surface area contributed by atoms with Crippen LogP contribution in [-0.4, -0.2) is 36.2 Å². The van der Waals surface area contributed by atoms with E-state index in [1.165, 1.54) is 24.3 Å². The van der Waals surface area contributed by atoms with E-state index in [4.69, 9.17) is 0 Å². The average molecular weight is 556 g/mol. The van der Waals surface area contributed by atoms with E-state index < -0.39 is 40.7 Å². The molecule has 0 aromatic heterocycles. The molecule has 0 bridgehead atoms. The van der Waals surface area contributed by atoms with Crippen LogP contribution in [-0.2, 0) is 22.3 Å². The van der Waals surface area contributed by atoms with E-state index in [-0.39, 0.29) is 25.4 Å². The predicted octanol–water partition coefficient (Wildman–Crippen LogP) is 7.55. The van der Waals surface area contributed by atoms with Crippen molar-refractivity contribution in [2.24, 2.45) is 0 Å². The number of nitrogens with zero attached hydrogens (tertiary/aromatic N) is 1. The molecular formula is C29H25F8NO. The SMILES string of the molecule is Cc1ccc(CC(=O)N2C[C@@H](c3ccc(C(F)(C(F)(F)F)C(F)(F)F)cc3)[C@@](C)(c3ccc(F)cc3)C2)cc1. The molecule has 2 atom stereocenters. The Hall–Kier alpha value is -3.43. The molecule has 3 aromatic carbocycles. The maximum absolute atomic E-state index is 14.6. The van der Waals surface area contributed by atoms with Gasteiger partial charge in [0.05, 0.1) is 6.42 Å². The number of halogens is 8. The van der Waals surface area contributed by atoms with Crippen molar-refractivity contribution in [3.05, 3.63) is 106 Å². The molecule has 10 heteroatoms. The van der Waals surface area contributed by atoms with Gasteiger partial charge in [0, 0.05) is 30.0 Å². The monoisotopic (exact) mass is 555 g/mol. The van der Waals surface area contributed by atoms with Crippen LogP contribution in [0.25, 0.3) is 0 Å². The largest absolute Gasteiger partial charge is 0.435 e. The fraction of sp³-hybridized carbons (Fsp3) is 0.345. The number of carbonyl (C=O) groups excluding carboxylic acids is 1. The van der Waals surface area contributed by atoms with Crippen molar-refractivity contribution in [1.82, 2.24) is 4.90 Å². The Morgan fingerprint density at radius 3 is 1.90 bits per heavy atom. The maximum Gasteiger partial charge on any atom is 0.435 e. The Bertz CT molecular complexity index is 1300. The van der Waals surface area contributed by atoms with E-state index in [9.17, 15) is 39.9 Å². The number of hydrogen-bond donors (Lipinski definition) is 0. The summed E-state index contributed by atoms with van der Waals surface area (Å²) in [7, 11) is 0. The van der Waals surface area contributed by atoms with Gasteiger partial charge in [-0.05, 0) is 35.7 Å². The van der Waals surface area contributed by atoms with Gasteiger partial charge in [-0.25, -0.2) is 8.78 Å². The number of aryl methyl sites for hydroxylation is 1. The zero-order valence-corrected chi connectivity index (χ0v) is 21.0. The highest BCUT2D eigenvalue weighted by molar-refractivity contribution is 5.79.